The summed E-state index contributed by atoms with van der Waals surface area (Å²) in [4.78, 5) is 25.8. The van der Waals surface area contributed by atoms with Gasteiger partial charge in [-0.2, -0.15) is 0 Å². The standard InChI is InChI=1S/C24H18O3/c25-21-16-20(17-10-4-1-5-11-17)22(23(26)18-12-6-2-7-13-18)24(27-21)19-14-8-3-9-15-19/h1-15,20H,16H2/t20-/m1/s1. The third-order valence-electron chi connectivity index (χ3n) is 4.70. The Hall–Kier alpha value is -3.46. The highest BCUT2D eigenvalue weighted by Crippen LogP contribution is 2.40. The number of hydrogen-bond donors (Lipinski definition) is 0. The first-order valence-corrected chi connectivity index (χ1v) is 8.89. The highest BCUT2D eigenvalue weighted by Gasteiger charge is 2.35. The summed E-state index contributed by atoms with van der Waals surface area (Å²) in [5.41, 5.74) is 2.77. The smallest absolute Gasteiger partial charge is 0.312 e. The van der Waals surface area contributed by atoms with Gasteiger partial charge in [0.1, 0.15) is 5.76 Å². The van der Waals surface area contributed by atoms with Gasteiger partial charge >= 0.3 is 5.97 Å². The Bertz CT molecular complexity index is 990. The summed E-state index contributed by atoms with van der Waals surface area (Å²) in [6.45, 7) is 0. The quantitative estimate of drug-likeness (QED) is 0.488. The van der Waals surface area contributed by atoms with Crippen LogP contribution < -0.4 is 0 Å². The van der Waals surface area contributed by atoms with Crippen molar-refractivity contribution < 1.29 is 14.3 Å². The Labute approximate surface area is 157 Å². The lowest BCUT2D eigenvalue weighted by atomic mass is 9.81. The maximum absolute atomic E-state index is 13.4. The Kier molecular flexibility index (Phi) is 4.67. The van der Waals surface area contributed by atoms with Crippen molar-refractivity contribution in [1.29, 1.82) is 0 Å². The third-order valence-corrected chi connectivity index (χ3v) is 4.70. The molecular weight excluding hydrogens is 336 g/mol. The number of carbonyl (C=O) groups is 2. The van der Waals surface area contributed by atoms with E-state index in [0.29, 0.717) is 16.9 Å². The molecule has 0 aromatic heterocycles. The zero-order valence-electron chi connectivity index (χ0n) is 14.7. The molecule has 0 unspecified atom stereocenters. The van der Waals surface area contributed by atoms with E-state index >= 15 is 0 Å². The normalized spacial score (nSPS) is 16.7. The summed E-state index contributed by atoms with van der Waals surface area (Å²) in [5.74, 6) is -0.423. The summed E-state index contributed by atoms with van der Waals surface area (Å²) >= 11 is 0. The molecule has 1 aliphatic heterocycles. The lowest BCUT2D eigenvalue weighted by molar-refractivity contribution is -0.137. The largest absolute Gasteiger partial charge is 0.425 e. The number of esters is 1. The van der Waals surface area contributed by atoms with Crippen molar-refractivity contribution in [3.8, 4) is 0 Å². The fourth-order valence-electron chi connectivity index (χ4n) is 3.42. The van der Waals surface area contributed by atoms with Crippen LogP contribution in [-0.4, -0.2) is 11.8 Å². The minimum atomic E-state index is -0.338. The first-order chi connectivity index (χ1) is 13.2. The molecule has 1 aliphatic rings. The first kappa shape index (κ1) is 17.0. The Balaban J connectivity index is 1.93. The Morgan fingerprint density at radius 2 is 1.33 bits per heavy atom. The Morgan fingerprint density at radius 3 is 1.96 bits per heavy atom. The van der Waals surface area contributed by atoms with E-state index in [1.54, 1.807) is 12.1 Å². The lowest BCUT2D eigenvalue weighted by Crippen LogP contribution is -2.24. The van der Waals surface area contributed by atoms with E-state index in [0.717, 1.165) is 11.1 Å². The molecule has 0 bridgehead atoms. The molecular formula is C24H18O3. The molecule has 0 N–H and O–H groups in total. The van der Waals surface area contributed by atoms with Gasteiger partial charge < -0.3 is 4.74 Å². The number of carbonyl (C=O) groups excluding carboxylic acids is 2. The molecule has 27 heavy (non-hydrogen) atoms. The van der Waals surface area contributed by atoms with Gasteiger partial charge in [-0.1, -0.05) is 91.0 Å². The van der Waals surface area contributed by atoms with E-state index in [1.807, 2.05) is 78.9 Å². The number of hydrogen-bond acceptors (Lipinski definition) is 3. The molecule has 0 fully saturated rings. The molecule has 0 saturated carbocycles. The summed E-state index contributed by atoms with van der Waals surface area (Å²) in [6.07, 6.45) is 0.147. The van der Waals surface area contributed by atoms with Crippen molar-refractivity contribution >= 4 is 17.5 Å². The minimum absolute atomic E-state index is 0.115. The molecule has 3 aromatic rings. The van der Waals surface area contributed by atoms with E-state index in [-0.39, 0.29) is 24.1 Å². The first-order valence-electron chi connectivity index (χ1n) is 8.89. The van der Waals surface area contributed by atoms with Gasteiger partial charge in [0.15, 0.2) is 5.78 Å². The number of rotatable bonds is 4. The number of benzene rings is 3. The highest BCUT2D eigenvalue weighted by molar-refractivity contribution is 6.15. The molecule has 3 aromatic carbocycles. The van der Waals surface area contributed by atoms with Crippen molar-refractivity contribution in [2.75, 3.05) is 0 Å². The van der Waals surface area contributed by atoms with E-state index in [2.05, 4.69) is 0 Å². The van der Waals surface area contributed by atoms with Crippen LogP contribution >= 0.6 is 0 Å². The fraction of sp³-hybridized carbons (Fsp3) is 0.0833. The summed E-state index contributed by atoms with van der Waals surface area (Å²) < 4.78 is 5.60. The molecule has 1 heterocycles. The van der Waals surface area contributed by atoms with E-state index in [1.165, 1.54) is 0 Å². The van der Waals surface area contributed by atoms with E-state index in [9.17, 15) is 9.59 Å². The van der Waals surface area contributed by atoms with Crippen LogP contribution in [0, 0.1) is 0 Å². The van der Waals surface area contributed by atoms with Crippen molar-refractivity contribution in [2.45, 2.75) is 12.3 Å². The summed E-state index contributed by atoms with van der Waals surface area (Å²) in [6, 6.07) is 28.1. The van der Waals surface area contributed by atoms with Crippen LogP contribution in [0.5, 0.6) is 0 Å². The molecule has 0 spiro atoms. The van der Waals surface area contributed by atoms with Crippen molar-refractivity contribution in [3.63, 3.8) is 0 Å². The summed E-state index contributed by atoms with van der Waals surface area (Å²) in [5, 5.41) is 0. The number of allylic oxidation sites excluding steroid dienone is 1. The summed E-state index contributed by atoms with van der Waals surface area (Å²) in [7, 11) is 0. The van der Waals surface area contributed by atoms with Crippen LogP contribution in [0.2, 0.25) is 0 Å². The SMILES string of the molecule is O=C1C[C@H](c2ccccc2)C(C(=O)c2ccccc2)=C(c2ccccc2)O1. The van der Waals surface area contributed by atoms with Crippen LogP contribution in [0.15, 0.2) is 96.6 Å². The molecule has 3 nitrogen and oxygen atoms in total. The van der Waals surface area contributed by atoms with Gasteiger partial charge in [0.2, 0.25) is 0 Å². The monoisotopic (exact) mass is 354 g/mol. The van der Waals surface area contributed by atoms with Gasteiger partial charge in [0.25, 0.3) is 0 Å². The van der Waals surface area contributed by atoms with Crippen LogP contribution in [0.4, 0.5) is 0 Å². The minimum Gasteiger partial charge on any atom is -0.425 e. The van der Waals surface area contributed by atoms with Crippen molar-refractivity contribution in [1.82, 2.24) is 0 Å². The number of ketones is 1. The van der Waals surface area contributed by atoms with Crippen molar-refractivity contribution in [2.24, 2.45) is 0 Å². The maximum Gasteiger partial charge on any atom is 0.312 e. The third kappa shape index (κ3) is 3.44. The zero-order valence-corrected chi connectivity index (χ0v) is 14.7. The molecule has 4 rings (SSSR count). The number of ether oxygens (including phenoxy) is 1. The molecule has 0 saturated heterocycles. The van der Waals surface area contributed by atoms with Gasteiger partial charge in [0.05, 0.1) is 12.0 Å². The van der Waals surface area contributed by atoms with Crippen LogP contribution in [-0.2, 0) is 9.53 Å². The topological polar surface area (TPSA) is 43.4 Å². The maximum atomic E-state index is 13.4. The molecule has 0 amide bonds. The highest BCUT2D eigenvalue weighted by atomic mass is 16.5. The van der Waals surface area contributed by atoms with Crippen LogP contribution in [0.3, 0.4) is 0 Å². The second kappa shape index (κ2) is 7.42. The van der Waals surface area contributed by atoms with Crippen LogP contribution in [0.25, 0.3) is 5.76 Å². The average Bonchev–Trinajstić information content (AvgIpc) is 2.74. The zero-order chi connectivity index (χ0) is 18.6. The van der Waals surface area contributed by atoms with Gasteiger partial charge in [0, 0.05) is 17.0 Å². The van der Waals surface area contributed by atoms with Gasteiger partial charge in [-0.25, -0.2) is 0 Å². The number of Topliss-reactive ketones (excluding diaryl/α,β-unsaturated/α-hetero) is 1. The van der Waals surface area contributed by atoms with E-state index < -0.39 is 0 Å². The lowest BCUT2D eigenvalue weighted by Gasteiger charge is -2.27. The molecule has 0 radical (unpaired) electrons. The molecule has 1 atom stereocenters. The van der Waals surface area contributed by atoms with E-state index in [4.69, 9.17) is 4.74 Å². The van der Waals surface area contributed by atoms with Crippen molar-refractivity contribution in [3.05, 3.63) is 113 Å². The van der Waals surface area contributed by atoms with Gasteiger partial charge in [-0.3, -0.25) is 9.59 Å². The average molecular weight is 354 g/mol. The molecule has 0 aliphatic carbocycles. The number of cyclic esters (lactones) is 1. The molecule has 3 heteroatoms. The van der Waals surface area contributed by atoms with Gasteiger partial charge in [-0.05, 0) is 5.56 Å². The Morgan fingerprint density at radius 1 is 0.778 bits per heavy atom. The second-order valence-corrected chi connectivity index (χ2v) is 6.45. The second-order valence-electron chi connectivity index (χ2n) is 6.45. The fourth-order valence-corrected chi connectivity index (χ4v) is 3.42. The predicted octanol–water partition coefficient (Wildman–Crippen LogP) is 5.01. The van der Waals surface area contributed by atoms with Crippen LogP contribution in [0.1, 0.15) is 33.8 Å². The van der Waals surface area contributed by atoms with Gasteiger partial charge in [-0.15, -0.1) is 0 Å². The molecule has 132 valence electrons. The predicted molar refractivity (Wildman–Crippen MR) is 104 cm³/mol.